The van der Waals surface area contributed by atoms with E-state index in [0.717, 1.165) is 35.6 Å². The number of alkyl halides is 1. The Bertz CT molecular complexity index is 296. The summed E-state index contributed by atoms with van der Waals surface area (Å²) in [5.41, 5.74) is 0. The molecule has 1 aromatic heterocycles. The number of aromatic nitrogens is 1. The molecular weight excluding hydrogens is 277 g/mol. The molecule has 1 unspecified atom stereocenters. The van der Waals surface area contributed by atoms with E-state index >= 15 is 0 Å². The third-order valence-electron chi connectivity index (χ3n) is 2.16. The molecule has 1 aromatic rings. The summed E-state index contributed by atoms with van der Waals surface area (Å²) >= 11 is 9.00. The summed E-state index contributed by atoms with van der Waals surface area (Å²) in [6.07, 6.45) is 5.53. The minimum Gasteiger partial charge on any atom is -0.492 e. The normalized spacial score (nSPS) is 12.5. The Hall–Kier alpha value is -0.280. The van der Waals surface area contributed by atoms with Gasteiger partial charge in [0.05, 0.1) is 12.8 Å². The first-order chi connectivity index (χ1) is 7.22. The Morgan fingerprint density at radius 3 is 2.93 bits per heavy atom. The zero-order valence-corrected chi connectivity index (χ0v) is 11.1. The van der Waals surface area contributed by atoms with Crippen LogP contribution in [0.2, 0.25) is 0 Å². The van der Waals surface area contributed by atoms with E-state index in [-0.39, 0.29) is 0 Å². The molecule has 0 bridgehead atoms. The first-order valence-electron chi connectivity index (χ1n) is 5.01. The Labute approximate surface area is 104 Å². The summed E-state index contributed by atoms with van der Waals surface area (Å²) in [6.45, 7) is 2.90. The van der Waals surface area contributed by atoms with Gasteiger partial charge >= 0.3 is 0 Å². The molecule has 0 spiro atoms. The molecule has 1 rings (SSSR count). The highest BCUT2D eigenvalue weighted by Crippen LogP contribution is 2.17. The first kappa shape index (κ1) is 12.8. The van der Waals surface area contributed by atoms with Crippen LogP contribution in [0.25, 0.3) is 0 Å². The van der Waals surface area contributed by atoms with E-state index in [0.29, 0.717) is 5.92 Å². The van der Waals surface area contributed by atoms with Crippen molar-refractivity contribution >= 4 is 27.5 Å². The highest BCUT2D eigenvalue weighted by atomic mass is 79.9. The van der Waals surface area contributed by atoms with Gasteiger partial charge in [-0.25, -0.2) is 0 Å². The van der Waals surface area contributed by atoms with Gasteiger partial charge in [-0.3, -0.25) is 4.98 Å². The smallest absolute Gasteiger partial charge is 0.138 e. The standard InChI is InChI=1S/C11H15BrClNO/c1-9(2-4-13)3-5-15-11-6-10(12)7-14-8-11/h6-9H,2-5H2,1H3. The molecule has 1 atom stereocenters. The van der Waals surface area contributed by atoms with Crippen LogP contribution in [0.4, 0.5) is 0 Å². The van der Waals surface area contributed by atoms with E-state index in [1.807, 2.05) is 6.07 Å². The maximum absolute atomic E-state index is 5.66. The largest absolute Gasteiger partial charge is 0.492 e. The lowest BCUT2D eigenvalue weighted by Crippen LogP contribution is -2.04. The third kappa shape index (κ3) is 5.38. The average molecular weight is 293 g/mol. The number of ether oxygens (including phenoxy) is 1. The minimum absolute atomic E-state index is 0.614. The fourth-order valence-corrected chi connectivity index (χ4v) is 1.90. The maximum atomic E-state index is 5.66. The molecule has 0 amide bonds. The van der Waals surface area contributed by atoms with E-state index in [2.05, 4.69) is 27.8 Å². The molecule has 0 aromatic carbocycles. The second kappa shape index (κ2) is 7.07. The quantitative estimate of drug-likeness (QED) is 0.742. The number of rotatable bonds is 6. The highest BCUT2D eigenvalue weighted by molar-refractivity contribution is 9.10. The van der Waals surface area contributed by atoms with Gasteiger partial charge in [-0.05, 0) is 40.8 Å². The molecule has 15 heavy (non-hydrogen) atoms. The third-order valence-corrected chi connectivity index (χ3v) is 2.81. The molecule has 2 nitrogen and oxygen atoms in total. The Kier molecular flexibility index (Phi) is 6.03. The van der Waals surface area contributed by atoms with Crippen molar-refractivity contribution in [1.29, 1.82) is 0 Å². The van der Waals surface area contributed by atoms with Crippen molar-refractivity contribution in [2.45, 2.75) is 19.8 Å². The van der Waals surface area contributed by atoms with Crippen molar-refractivity contribution in [3.05, 3.63) is 22.9 Å². The van der Waals surface area contributed by atoms with Crippen molar-refractivity contribution < 1.29 is 4.74 Å². The lowest BCUT2D eigenvalue weighted by Gasteiger charge is -2.10. The minimum atomic E-state index is 0.614. The zero-order valence-electron chi connectivity index (χ0n) is 8.75. The van der Waals surface area contributed by atoms with Crippen molar-refractivity contribution in [2.24, 2.45) is 5.92 Å². The zero-order chi connectivity index (χ0) is 11.1. The molecule has 0 aliphatic heterocycles. The average Bonchev–Trinajstić information content (AvgIpc) is 2.18. The molecular formula is C11H15BrClNO. The second-order valence-corrected chi connectivity index (χ2v) is 4.85. The van der Waals surface area contributed by atoms with Crippen molar-refractivity contribution in [3.63, 3.8) is 0 Å². The first-order valence-corrected chi connectivity index (χ1v) is 6.34. The van der Waals surface area contributed by atoms with Gasteiger partial charge < -0.3 is 4.74 Å². The molecule has 0 aliphatic carbocycles. The van der Waals surface area contributed by atoms with E-state index < -0.39 is 0 Å². The fraction of sp³-hybridized carbons (Fsp3) is 0.545. The van der Waals surface area contributed by atoms with Crippen LogP contribution in [-0.4, -0.2) is 17.5 Å². The number of pyridine rings is 1. The number of nitrogens with zero attached hydrogens (tertiary/aromatic N) is 1. The van der Waals surface area contributed by atoms with Crippen LogP contribution in [0.15, 0.2) is 22.9 Å². The summed E-state index contributed by atoms with van der Waals surface area (Å²) in [5, 5.41) is 0. The van der Waals surface area contributed by atoms with E-state index in [1.165, 1.54) is 0 Å². The van der Waals surface area contributed by atoms with Gasteiger partial charge in [-0.1, -0.05) is 6.92 Å². The highest BCUT2D eigenvalue weighted by Gasteiger charge is 2.02. The van der Waals surface area contributed by atoms with Crippen LogP contribution in [-0.2, 0) is 0 Å². The van der Waals surface area contributed by atoms with E-state index in [4.69, 9.17) is 16.3 Å². The van der Waals surface area contributed by atoms with Crippen LogP contribution in [0, 0.1) is 5.92 Å². The van der Waals surface area contributed by atoms with Gasteiger partial charge in [-0.15, -0.1) is 11.6 Å². The Balaban J connectivity index is 2.25. The fourth-order valence-electron chi connectivity index (χ4n) is 1.18. The van der Waals surface area contributed by atoms with Crippen LogP contribution in [0.5, 0.6) is 5.75 Å². The van der Waals surface area contributed by atoms with Crippen molar-refractivity contribution in [1.82, 2.24) is 4.98 Å². The molecule has 4 heteroatoms. The van der Waals surface area contributed by atoms with Gasteiger partial charge in [0.25, 0.3) is 0 Å². The second-order valence-electron chi connectivity index (χ2n) is 3.56. The monoisotopic (exact) mass is 291 g/mol. The molecule has 0 saturated carbocycles. The van der Waals surface area contributed by atoms with Crippen LogP contribution in [0.1, 0.15) is 19.8 Å². The Morgan fingerprint density at radius 2 is 2.27 bits per heavy atom. The molecule has 0 fully saturated rings. The molecule has 0 radical (unpaired) electrons. The number of hydrogen-bond donors (Lipinski definition) is 0. The van der Waals surface area contributed by atoms with E-state index in [9.17, 15) is 0 Å². The van der Waals surface area contributed by atoms with Gasteiger partial charge in [0.2, 0.25) is 0 Å². The predicted octanol–water partition coefficient (Wildman–Crippen LogP) is 3.88. The lowest BCUT2D eigenvalue weighted by atomic mass is 10.1. The topological polar surface area (TPSA) is 22.1 Å². The van der Waals surface area contributed by atoms with Crippen molar-refractivity contribution in [2.75, 3.05) is 12.5 Å². The summed E-state index contributed by atoms with van der Waals surface area (Å²) < 4.78 is 6.51. The maximum Gasteiger partial charge on any atom is 0.138 e. The predicted molar refractivity (Wildman–Crippen MR) is 66.6 cm³/mol. The van der Waals surface area contributed by atoms with Crippen LogP contribution >= 0.6 is 27.5 Å². The molecule has 1 heterocycles. The molecule has 0 aliphatic rings. The van der Waals surface area contributed by atoms with Crippen molar-refractivity contribution in [3.8, 4) is 5.75 Å². The summed E-state index contributed by atoms with van der Waals surface area (Å²) in [7, 11) is 0. The summed E-state index contributed by atoms with van der Waals surface area (Å²) in [6, 6.07) is 1.92. The van der Waals surface area contributed by atoms with Crippen LogP contribution in [0.3, 0.4) is 0 Å². The summed E-state index contributed by atoms with van der Waals surface area (Å²) in [4.78, 5) is 4.03. The van der Waals surface area contributed by atoms with Gasteiger partial charge in [0.15, 0.2) is 0 Å². The molecule has 0 N–H and O–H groups in total. The van der Waals surface area contributed by atoms with Crippen LogP contribution < -0.4 is 4.74 Å². The molecule has 84 valence electrons. The van der Waals surface area contributed by atoms with Gasteiger partial charge in [0.1, 0.15) is 5.75 Å². The van der Waals surface area contributed by atoms with E-state index in [1.54, 1.807) is 12.4 Å². The number of hydrogen-bond acceptors (Lipinski definition) is 2. The number of halogens is 2. The molecule has 0 saturated heterocycles. The van der Waals surface area contributed by atoms with Gasteiger partial charge in [-0.2, -0.15) is 0 Å². The summed E-state index contributed by atoms with van der Waals surface area (Å²) in [5.74, 6) is 2.14. The lowest BCUT2D eigenvalue weighted by molar-refractivity contribution is 0.281. The SMILES string of the molecule is CC(CCCl)CCOc1cncc(Br)c1. The van der Waals surface area contributed by atoms with Gasteiger partial charge in [0, 0.05) is 16.5 Å². The Morgan fingerprint density at radius 1 is 1.47 bits per heavy atom.